The Kier molecular flexibility index (Phi) is 5.15. The van der Waals surface area contributed by atoms with E-state index < -0.39 is 6.09 Å². The fourth-order valence-electron chi connectivity index (χ4n) is 1.28. The molecule has 3 N–H and O–H groups in total. The molecule has 16 heavy (non-hydrogen) atoms. The predicted molar refractivity (Wildman–Crippen MR) is 60.6 cm³/mol. The Morgan fingerprint density at radius 2 is 1.75 bits per heavy atom. The lowest BCUT2D eigenvalue weighted by atomic mass is 10.3. The highest BCUT2D eigenvalue weighted by Gasteiger charge is 2.13. The van der Waals surface area contributed by atoms with Crippen molar-refractivity contribution in [2.24, 2.45) is 0 Å². The summed E-state index contributed by atoms with van der Waals surface area (Å²) in [6, 6.07) is 8.71. The van der Waals surface area contributed by atoms with E-state index in [4.69, 9.17) is 10.2 Å². The van der Waals surface area contributed by atoms with Crippen LogP contribution in [-0.2, 0) is 0 Å². The van der Waals surface area contributed by atoms with Gasteiger partial charge in [-0.15, -0.1) is 0 Å². The predicted octanol–water partition coefficient (Wildman–Crippen LogP) is 0.962. The zero-order valence-corrected chi connectivity index (χ0v) is 8.97. The maximum atomic E-state index is 10.3. The van der Waals surface area contributed by atoms with Gasteiger partial charge in [0.25, 0.3) is 0 Å². The van der Waals surface area contributed by atoms with Gasteiger partial charge in [-0.05, 0) is 12.1 Å². The fraction of sp³-hybridized carbons (Fsp3) is 0.364. The number of carboxylic acid groups (broad SMARTS) is 1. The maximum absolute atomic E-state index is 10.3. The average molecular weight is 224 g/mol. The summed E-state index contributed by atoms with van der Waals surface area (Å²) in [6.45, 7) is 2.81. The van der Waals surface area contributed by atoms with Crippen LogP contribution in [-0.4, -0.2) is 47.4 Å². The van der Waals surface area contributed by atoms with Gasteiger partial charge >= 0.3 is 6.09 Å². The van der Waals surface area contributed by atoms with Crippen LogP contribution in [0, 0.1) is 0 Å². The number of rotatable bonds is 0. The molecule has 0 saturated carbocycles. The first-order valence-corrected chi connectivity index (χ1v) is 5.13. The number of benzene rings is 1. The zero-order valence-electron chi connectivity index (χ0n) is 8.97. The minimum Gasteiger partial charge on any atom is -0.508 e. The van der Waals surface area contributed by atoms with E-state index in [-0.39, 0.29) is 0 Å². The van der Waals surface area contributed by atoms with Crippen LogP contribution in [0.3, 0.4) is 0 Å². The Hall–Kier alpha value is -1.75. The molecule has 0 unspecified atom stereocenters. The molecular formula is C11H16N2O3. The number of hydrogen-bond acceptors (Lipinski definition) is 3. The van der Waals surface area contributed by atoms with E-state index in [1.54, 1.807) is 24.3 Å². The molecule has 5 nitrogen and oxygen atoms in total. The summed E-state index contributed by atoms with van der Waals surface area (Å²) in [5.41, 5.74) is 0. The van der Waals surface area contributed by atoms with Crippen LogP contribution in [0.4, 0.5) is 4.79 Å². The van der Waals surface area contributed by atoms with Crippen molar-refractivity contribution in [2.45, 2.75) is 0 Å². The summed E-state index contributed by atoms with van der Waals surface area (Å²) >= 11 is 0. The Morgan fingerprint density at radius 1 is 1.19 bits per heavy atom. The number of para-hydroxylation sites is 1. The van der Waals surface area contributed by atoms with Gasteiger partial charge in [0.05, 0.1) is 0 Å². The van der Waals surface area contributed by atoms with Gasteiger partial charge in [0.2, 0.25) is 0 Å². The van der Waals surface area contributed by atoms with Crippen molar-refractivity contribution in [3.05, 3.63) is 30.3 Å². The first-order chi connectivity index (χ1) is 7.70. The van der Waals surface area contributed by atoms with Crippen molar-refractivity contribution >= 4 is 6.09 Å². The number of nitrogens with one attached hydrogen (secondary N) is 1. The number of hydrogen-bond donors (Lipinski definition) is 3. The van der Waals surface area contributed by atoms with Crippen LogP contribution in [0.2, 0.25) is 0 Å². The SMILES string of the molecule is O=C(O)N1CCNCC1.Oc1ccccc1. The zero-order chi connectivity index (χ0) is 11.8. The Labute approximate surface area is 94.3 Å². The molecule has 88 valence electrons. The highest BCUT2D eigenvalue weighted by molar-refractivity contribution is 5.65. The summed E-state index contributed by atoms with van der Waals surface area (Å²) in [5, 5.41) is 20.1. The number of phenolic OH excluding ortho intramolecular Hbond substituents is 1. The standard InChI is InChI=1S/C6H6O.C5H10N2O2/c7-6-4-2-1-3-5-6;8-5(9)7-3-1-6-2-4-7/h1-5,7H;6H,1-4H2,(H,8,9). The molecule has 1 heterocycles. The van der Waals surface area contributed by atoms with E-state index >= 15 is 0 Å². The van der Waals surface area contributed by atoms with Gasteiger partial charge in [-0.2, -0.15) is 0 Å². The molecular weight excluding hydrogens is 208 g/mol. The minimum atomic E-state index is -0.809. The van der Waals surface area contributed by atoms with Crippen LogP contribution in [0.5, 0.6) is 5.75 Å². The van der Waals surface area contributed by atoms with Crippen molar-refractivity contribution in [2.75, 3.05) is 26.2 Å². The maximum Gasteiger partial charge on any atom is 0.407 e. The topological polar surface area (TPSA) is 72.8 Å². The van der Waals surface area contributed by atoms with Crippen molar-refractivity contribution in [3.63, 3.8) is 0 Å². The van der Waals surface area contributed by atoms with Crippen molar-refractivity contribution in [1.29, 1.82) is 0 Å². The van der Waals surface area contributed by atoms with E-state index in [1.165, 1.54) is 4.90 Å². The summed E-state index contributed by atoms with van der Waals surface area (Å²) < 4.78 is 0. The number of carbonyl (C=O) groups is 1. The number of nitrogens with zero attached hydrogens (tertiary/aromatic N) is 1. The average Bonchev–Trinajstić information content (AvgIpc) is 2.32. The van der Waals surface area contributed by atoms with Crippen LogP contribution in [0.25, 0.3) is 0 Å². The van der Waals surface area contributed by atoms with Crippen molar-refractivity contribution in [3.8, 4) is 5.75 Å². The second-order valence-electron chi connectivity index (χ2n) is 3.36. The van der Waals surface area contributed by atoms with Gasteiger partial charge in [0.15, 0.2) is 0 Å². The first-order valence-electron chi connectivity index (χ1n) is 5.13. The van der Waals surface area contributed by atoms with Crippen LogP contribution in [0.15, 0.2) is 30.3 Å². The lowest BCUT2D eigenvalue weighted by molar-refractivity contribution is 0.139. The van der Waals surface area contributed by atoms with Crippen LogP contribution in [0.1, 0.15) is 0 Å². The lowest BCUT2D eigenvalue weighted by Crippen LogP contribution is -2.45. The largest absolute Gasteiger partial charge is 0.508 e. The third-order valence-corrected chi connectivity index (χ3v) is 2.14. The highest BCUT2D eigenvalue weighted by atomic mass is 16.4. The molecule has 1 saturated heterocycles. The van der Waals surface area contributed by atoms with Gasteiger partial charge in [-0.25, -0.2) is 4.79 Å². The molecule has 0 radical (unpaired) electrons. The second kappa shape index (κ2) is 6.68. The third kappa shape index (κ3) is 4.65. The van der Waals surface area contributed by atoms with Gasteiger partial charge < -0.3 is 20.4 Å². The first kappa shape index (κ1) is 12.3. The smallest absolute Gasteiger partial charge is 0.407 e. The van der Waals surface area contributed by atoms with E-state index in [9.17, 15) is 4.79 Å². The monoisotopic (exact) mass is 224 g/mol. The van der Waals surface area contributed by atoms with E-state index in [0.717, 1.165) is 13.1 Å². The van der Waals surface area contributed by atoms with Crippen LogP contribution < -0.4 is 5.32 Å². The molecule has 1 amide bonds. The summed E-state index contributed by atoms with van der Waals surface area (Å²) in [4.78, 5) is 11.7. The van der Waals surface area contributed by atoms with Gasteiger partial charge in [0, 0.05) is 26.2 Å². The minimum absolute atomic E-state index is 0.322. The molecule has 0 bridgehead atoms. The van der Waals surface area contributed by atoms with Gasteiger partial charge in [-0.1, -0.05) is 18.2 Å². The molecule has 0 spiro atoms. The molecule has 1 aromatic rings. The normalized spacial score (nSPS) is 14.9. The Balaban J connectivity index is 0.000000165. The summed E-state index contributed by atoms with van der Waals surface area (Å²) in [5.74, 6) is 0.322. The molecule has 1 aliphatic heterocycles. The third-order valence-electron chi connectivity index (χ3n) is 2.14. The van der Waals surface area contributed by atoms with E-state index in [0.29, 0.717) is 18.8 Å². The molecule has 0 aliphatic carbocycles. The van der Waals surface area contributed by atoms with Gasteiger partial charge in [-0.3, -0.25) is 0 Å². The Bertz CT molecular complexity index is 310. The van der Waals surface area contributed by atoms with E-state index in [1.807, 2.05) is 6.07 Å². The number of phenols is 1. The van der Waals surface area contributed by atoms with Crippen molar-refractivity contribution in [1.82, 2.24) is 10.2 Å². The quantitative estimate of drug-likeness (QED) is 0.613. The lowest BCUT2D eigenvalue weighted by Gasteiger charge is -2.23. The number of amides is 1. The molecule has 1 aliphatic rings. The Morgan fingerprint density at radius 3 is 2.06 bits per heavy atom. The molecule has 5 heteroatoms. The van der Waals surface area contributed by atoms with Gasteiger partial charge in [0.1, 0.15) is 5.75 Å². The molecule has 2 rings (SSSR count). The summed E-state index contributed by atoms with van der Waals surface area (Å²) in [6.07, 6.45) is -0.809. The number of aromatic hydroxyl groups is 1. The van der Waals surface area contributed by atoms with Crippen LogP contribution >= 0.6 is 0 Å². The summed E-state index contributed by atoms with van der Waals surface area (Å²) in [7, 11) is 0. The number of piperazine rings is 1. The molecule has 1 aromatic carbocycles. The fourth-order valence-corrected chi connectivity index (χ4v) is 1.28. The second-order valence-corrected chi connectivity index (χ2v) is 3.36. The van der Waals surface area contributed by atoms with Crippen molar-refractivity contribution < 1.29 is 15.0 Å². The molecule has 0 aromatic heterocycles. The molecule has 0 atom stereocenters. The van der Waals surface area contributed by atoms with E-state index in [2.05, 4.69) is 5.32 Å². The highest BCUT2D eigenvalue weighted by Crippen LogP contribution is 2.02. The molecule has 1 fully saturated rings.